The highest BCUT2D eigenvalue weighted by Crippen LogP contribution is 2.01. The molecule has 0 aliphatic rings. The number of nitro groups is 1. The Bertz CT molecular complexity index is 607. The van der Waals surface area contributed by atoms with E-state index in [1.165, 1.54) is 0 Å². The summed E-state index contributed by atoms with van der Waals surface area (Å²) in [6.45, 7) is 4.47. The third kappa shape index (κ3) is 4.23. The second-order valence-corrected chi connectivity index (χ2v) is 4.62. The third-order valence-corrected chi connectivity index (χ3v) is 2.90. The number of hydrogen-bond acceptors (Lipinski definition) is 6. The summed E-state index contributed by atoms with van der Waals surface area (Å²) in [6.07, 6.45) is 0.573. The molecule has 1 atom stereocenters. The molecular weight excluding hydrogens is 280 g/mol. The molecule has 0 saturated heterocycles. The summed E-state index contributed by atoms with van der Waals surface area (Å²) < 4.78 is 1.84. The highest BCUT2D eigenvalue weighted by molar-refractivity contribution is 5.21. The molecule has 0 amide bonds. The second kappa shape index (κ2) is 7.70. The summed E-state index contributed by atoms with van der Waals surface area (Å²) in [4.78, 5) is 34.2. The maximum atomic E-state index is 12.1. The zero-order valence-electron chi connectivity index (χ0n) is 12.1. The van der Waals surface area contributed by atoms with Crippen LogP contribution in [0.5, 0.6) is 0 Å². The minimum Gasteiger partial charge on any atom is -0.390 e. The number of aryl methyl sites for hydroxylation is 1. The maximum Gasteiger partial charge on any atom is 0.350 e. The molecule has 118 valence electrons. The highest BCUT2D eigenvalue weighted by atomic mass is 16.6. The van der Waals surface area contributed by atoms with Gasteiger partial charge in [0.1, 0.15) is 0 Å². The van der Waals surface area contributed by atoms with Gasteiger partial charge in [0.2, 0.25) is 0 Å². The number of aromatic nitrogens is 2. The number of nitrogens with one attached hydrogen (secondary N) is 1. The van der Waals surface area contributed by atoms with Crippen LogP contribution in [0.3, 0.4) is 0 Å². The number of hydrogen-bond donors (Lipinski definition) is 2. The number of nitrogens with zero attached hydrogens (tertiary/aromatic N) is 3. The minimum absolute atomic E-state index is 0.193. The van der Waals surface area contributed by atoms with Gasteiger partial charge in [-0.25, -0.2) is 4.79 Å². The van der Waals surface area contributed by atoms with E-state index >= 15 is 0 Å². The van der Waals surface area contributed by atoms with Crippen molar-refractivity contribution in [3.05, 3.63) is 37.1 Å². The number of aliphatic hydroxyl groups excluding tert-OH is 1. The van der Waals surface area contributed by atoms with Crippen molar-refractivity contribution < 1.29 is 10.0 Å². The van der Waals surface area contributed by atoms with E-state index in [9.17, 15) is 24.8 Å². The normalized spacial score (nSPS) is 12.3. The van der Waals surface area contributed by atoms with Crippen LogP contribution >= 0.6 is 0 Å². The Morgan fingerprint density at radius 2 is 2.10 bits per heavy atom. The zero-order valence-corrected chi connectivity index (χ0v) is 12.1. The molecule has 1 unspecified atom stereocenters. The molecule has 9 nitrogen and oxygen atoms in total. The lowest BCUT2D eigenvalue weighted by Crippen LogP contribution is -2.44. The molecular formula is C12H20N4O5. The van der Waals surface area contributed by atoms with E-state index in [1.54, 1.807) is 0 Å². The highest BCUT2D eigenvalue weighted by Gasteiger charge is 2.21. The molecule has 0 radical (unpaired) electrons. The Kier molecular flexibility index (Phi) is 6.25. The largest absolute Gasteiger partial charge is 0.390 e. The van der Waals surface area contributed by atoms with Crippen molar-refractivity contribution in [1.29, 1.82) is 0 Å². The molecule has 1 aromatic heterocycles. The summed E-state index contributed by atoms with van der Waals surface area (Å²) in [5.41, 5.74) is -2.31. The van der Waals surface area contributed by atoms with Crippen LogP contribution in [0.25, 0.3) is 0 Å². The Hall–Kier alpha value is -2.00. The fourth-order valence-electron chi connectivity index (χ4n) is 1.91. The van der Waals surface area contributed by atoms with Gasteiger partial charge in [-0.15, -0.1) is 0 Å². The van der Waals surface area contributed by atoms with Gasteiger partial charge in [-0.05, 0) is 13.0 Å². The van der Waals surface area contributed by atoms with Crippen molar-refractivity contribution in [2.45, 2.75) is 39.5 Å². The van der Waals surface area contributed by atoms with Crippen molar-refractivity contribution in [3.8, 4) is 0 Å². The summed E-state index contributed by atoms with van der Waals surface area (Å²) in [5, 5.41) is 23.6. The molecule has 0 fully saturated rings. The van der Waals surface area contributed by atoms with E-state index in [0.29, 0.717) is 13.0 Å². The molecule has 0 spiro atoms. The predicted octanol–water partition coefficient (Wildman–Crippen LogP) is -0.701. The van der Waals surface area contributed by atoms with E-state index in [0.717, 1.165) is 15.3 Å². The summed E-state index contributed by atoms with van der Waals surface area (Å²) in [5.74, 6) is 0. The van der Waals surface area contributed by atoms with Crippen molar-refractivity contribution in [2.24, 2.45) is 0 Å². The molecule has 1 heterocycles. The first-order chi connectivity index (χ1) is 9.92. The van der Waals surface area contributed by atoms with Crippen LogP contribution in [0.15, 0.2) is 15.8 Å². The molecule has 1 aromatic rings. The number of rotatable bonds is 8. The first kappa shape index (κ1) is 17.1. The first-order valence-corrected chi connectivity index (χ1v) is 6.79. The van der Waals surface area contributed by atoms with Crippen molar-refractivity contribution >= 4 is 5.69 Å². The van der Waals surface area contributed by atoms with E-state index in [2.05, 4.69) is 5.32 Å². The van der Waals surface area contributed by atoms with Crippen LogP contribution in [-0.2, 0) is 13.1 Å². The monoisotopic (exact) mass is 300 g/mol. The molecule has 21 heavy (non-hydrogen) atoms. The standard InChI is InChI=1S/C12H20N4O5/c1-3-5-14-8-10(16(20)21)11(18)15(12(14)19)7-9(17)6-13-4-2/h8-9,13,17H,3-7H2,1-2H3. The van der Waals surface area contributed by atoms with Gasteiger partial charge in [0, 0.05) is 13.1 Å². The fourth-order valence-corrected chi connectivity index (χ4v) is 1.91. The van der Waals surface area contributed by atoms with Gasteiger partial charge in [0.15, 0.2) is 0 Å². The lowest BCUT2D eigenvalue weighted by molar-refractivity contribution is -0.387. The SMILES string of the molecule is CCCn1cc([N+](=O)[O-])c(=O)n(CC(O)CNCC)c1=O. The van der Waals surface area contributed by atoms with Crippen LogP contribution < -0.4 is 16.6 Å². The topological polar surface area (TPSA) is 119 Å². The van der Waals surface area contributed by atoms with Gasteiger partial charge in [-0.1, -0.05) is 13.8 Å². The molecule has 0 aromatic carbocycles. The zero-order chi connectivity index (χ0) is 16.0. The number of aliphatic hydroxyl groups is 1. The minimum atomic E-state index is -0.993. The van der Waals surface area contributed by atoms with Gasteiger partial charge >= 0.3 is 16.9 Å². The Balaban J connectivity index is 3.25. The Morgan fingerprint density at radius 1 is 1.43 bits per heavy atom. The summed E-state index contributed by atoms with van der Waals surface area (Å²) >= 11 is 0. The quantitative estimate of drug-likeness (QED) is 0.484. The van der Waals surface area contributed by atoms with Crippen LogP contribution in [0.4, 0.5) is 5.69 Å². The van der Waals surface area contributed by atoms with Gasteiger partial charge in [-0.2, -0.15) is 0 Å². The van der Waals surface area contributed by atoms with Crippen molar-refractivity contribution in [3.63, 3.8) is 0 Å². The van der Waals surface area contributed by atoms with Crippen LogP contribution in [0.1, 0.15) is 20.3 Å². The first-order valence-electron chi connectivity index (χ1n) is 6.79. The molecule has 0 saturated carbocycles. The molecule has 1 rings (SSSR count). The Labute approximate surface area is 121 Å². The molecule has 0 aliphatic carbocycles. The van der Waals surface area contributed by atoms with Crippen molar-refractivity contribution in [2.75, 3.05) is 13.1 Å². The van der Waals surface area contributed by atoms with E-state index in [-0.39, 0.29) is 19.6 Å². The van der Waals surface area contributed by atoms with Gasteiger partial charge in [0.25, 0.3) is 0 Å². The third-order valence-electron chi connectivity index (χ3n) is 2.90. The smallest absolute Gasteiger partial charge is 0.350 e. The maximum absolute atomic E-state index is 12.1. The predicted molar refractivity (Wildman–Crippen MR) is 76.5 cm³/mol. The average molecular weight is 300 g/mol. The van der Waals surface area contributed by atoms with Crippen LogP contribution in [-0.4, -0.2) is 38.4 Å². The molecule has 2 N–H and O–H groups in total. The van der Waals surface area contributed by atoms with Gasteiger partial charge in [-0.3, -0.25) is 24.0 Å². The average Bonchev–Trinajstić information content (AvgIpc) is 2.44. The lowest BCUT2D eigenvalue weighted by Gasteiger charge is -2.14. The molecule has 0 aliphatic heterocycles. The lowest BCUT2D eigenvalue weighted by atomic mass is 10.3. The summed E-state index contributed by atoms with van der Waals surface area (Å²) in [6, 6.07) is 0. The fraction of sp³-hybridized carbons (Fsp3) is 0.667. The van der Waals surface area contributed by atoms with Crippen LogP contribution in [0.2, 0.25) is 0 Å². The van der Waals surface area contributed by atoms with Gasteiger partial charge < -0.3 is 10.4 Å². The van der Waals surface area contributed by atoms with E-state index in [4.69, 9.17) is 0 Å². The van der Waals surface area contributed by atoms with E-state index in [1.807, 2.05) is 13.8 Å². The van der Waals surface area contributed by atoms with Crippen LogP contribution in [0, 0.1) is 10.1 Å². The number of likely N-dealkylation sites (N-methyl/N-ethyl adjacent to an activating group) is 1. The van der Waals surface area contributed by atoms with E-state index < -0.39 is 28.0 Å². The molecule has 9 heteroatoms. The molecule has 0 bridgehead atoms. The van der Waals surface area contributed by atoms with Gasteiger partial charge in [0.05, 0.1) is 23.8 Å². The van der Waals surface area contributed by atoms with Crippen molar-refractivity contribution in [1.82, 2.24) is 14.5 Å². The Morgan fingerprint density at radius 3 is 2.62 bits per heavy atom. The second-order valence-electron chi connectivity index (χ2n) is 4.62. The summed E-state index contributed by atoms with van der Waals surface area (Å²) in [7, 11) is 0.